The molecule has 0 unspecified atom stereocenters. The summed E-state index contributed by atoms with van der Waals surface area (Å²) in [5, 5.41) is 11.1. The SMILES string of the molecule is COCCn1c(Sc2cccc(C#N)n2)nc2sc3c(c2c1=O)CCCC3. The number of ether oxygens (including phenoxy) is 1. The van der Waals surface area contributed by atoms with Crippen molar-refractivity contribution in [2.45, 2.75) is 42.4 Å². The summed E-state index contributed by atoms with van der Waals surface area (Å²) in [4.78, 5) is 24.5. The van der Waals surface area contributed by atoms with Crippen LogP contribution in [0.25, 0.3) is 10.2 Å². The zero-order valence-corrected chi connectivity index (χ0v) is 16.5. The van der Waals surface area contributed by atoms with Crippen LogP contribution in [0.4, 0.5) is 0 Å². The van der Waals surface area contributed by atoms with E-state index in [-0.39, 0.29) is 5.56 Å². The third kappa shape index (κ3) is 3.50. The van der Waals surface area contributed by atoms with Gasteiger partial charge in [0.15, 0.2) is 5.16 Å². The fourth-order valence-electron chi connectivity index (χ4n) is 3.30. The molecule has 0 fully saturated rings. The van der Waals surface area contributed by atoms with Crippen LogP contribution >= 0.6 is 23.1 Å². The predicted octanol–water partition coefficient (Wildman–Crippen LogP) is 3.40. The molecule has 0 saturated carbocycles. The summed E-state index contributed by atoms with van der Waals surface area (Å²) in [5.74, 6) is 0. The van der Waals surface area contributed by atoms with Gasteiger partial charge in [-0.3, -0.25) is 9.36 Å². The van der Waals surface area contributed by atoms with Gasteiger partial charge in [0, 0.05) is 12.0 Å². The Balaban J connectivity index is 1.85. The molecule has 6 nitrogen and oxygen atoms in total. The first-order chi connectivity index (χ1) is 13.2. The molecule has 0 atom stereocenters. The maximum atomic E-state index is 13.3. The van der Waals surface area contributed by atoms with Crippen LogP contribution < -0.4 is 5.56 Å². The second-order valence-corrected chi connectivity index (χ2v) is 8.38. The summed E-state index contributed by atoms with van der Waals surface area (Å²) >= 11 is 2.95. The topological polar surface area (TPSA) is 80.8 Å². The molecule has 3 heterocycles. The largest absolute Gasteiger partial charge is 0.383 e. The number of hydrogen-bond acceptors (Lipinski definition) is 7. The molecule has 0 N–H and O–H groups in total. The number of nitriles is 1. The minimum Gasteiger partial charge on any atom is -0.383 e. The molecule has 0 saturated heterocycles. The molecule has 27 heavy (non-hydrogen) atoms. The number of pyridine rings is 1. The number of methoxy groups -OCH3 is 1. The predicted molar refractivity (Wildman–Crippen MR) is 105 cm³/mol. The Hall–Kier alpha value is -2.21. The lowest BCUT2D eigenvalue weighted by molar-refractivity contribution is 0.183. The van der Waals surface area contributed by atoms with Crippen molar-refractivity contribution in [3.05, 3.63) is 44.7 Å². The summed E-state index contributed by atoms with van der Waals surface area (Å²) in [6, 6.07) is 7.31. The van der Waals surface area contributed by atoms with E-state index in [2.05, 4.69) is 4.98 Å². The molecule has 138 valence electrons. The molecule has 0 radical (unpaired) electrons. The highest BCUT2D eigenvalue weighted by Gasteiger charge is 2.22. The van der Waals surface area contributed by atoms with E-state index in [1.807, 2.05) is 12.1 Å². The molecule has 1 aliphatic carbocycles. The zero-order chi connectivity index (χ0) is 18.8. The van der Waals surface area contributed by atoms with E-state index in [9.17, 15) is 4.79 Å². The van der Waals surface area contributed by atoms with Gasteiger partial charge in [0.2, 0.25) is 0 Å². The van der Waals surface area contributed by atoms with E-state index in [1.165, 1.54) is 28.6 Å². The van der Waals surface area contributed by atoms with Gasteiger partial charge in [-0.25, -0.2) is 9.97 Å². The maximum Gasteiger partial charge on any atom is 0.263 e. The molecular weight excluding hydrogens is 380 g/mol. The third-order valence-electron chi connectivity index (χ3n) is 4.59. The van der Waals surface area contributed by atoms with E-state index in [1.54, 1.807) is 35.1 Å². The normalized spacial score (nSPS) is 13.5. The number of aryl methyl sites for hydroxylation is 2. The number of rotatable bonds is 5. The van der Waals surface area contributed by atoms with Crippen molar-refractivity contribution in [1.82, 2.24) is 14.5 Å². The molecule has 0 aromatic carbocycles. The molecule has 8 heteroatoms. The van der Waals surface area contributed by atoms with Gasteiger partial charge in [-0.05, 0) is 55.1 Å². The van der Waals surface area contributed by atoms with Crippen molar-refractivity contribution in [1.29, 1.82) is 5.26 Å². The van der Waals surface area contributed by atoms with Crippen molar-refractivity contribution in [2.24, 2.45) is 0 Å². The van der Waals surface area contributed by atoms with Crippen LogP contribution in [-0.2, 0) is 24.1 Å². The molecule has 1 aliphatic rings. The summed E-state index contributed by atoms with van der Waals surface area (Å²) in [6.45, 7) is 0.863. The Labute approximate surface area is 164 Å². The lowest BCUT2D eigenvalue weighted by Crippen LogP contribution is -2.25. The maximum absolute atomic E-state index is 13.3. The number of aromatic nitrogens is 3. The Morgan fingerprint density at radius 2 is 2.19 bits per heavy atom. The fraction of sp³-hybridized carbons (Fsp3) is 0.368. The van der Waals surface area contributed by atoms with Crippen molar-refractivity contribution < 1.29 is 4.74 Å². The highest BCUT2D eigenvalue weighted by molar-refractivity contribution is 7.99. The van der Waals surface area contributed by atoms with Crippen LogP contribution in [0.1, 0.15) is 29.0 Å². The fourth-order valence-corrected chi connectivity index (χ4v) is 5.51. The average molecular weight is 399 g/mol. The second kappa shape index (κ2) is 7.80. The van der Waals surface area contributed by atoms with Crippen molar-refractivity contribution in [3.8, 4) is 6.07 Å². The minimum atomic E-state index is -0.00427. The highest BCUT2D eigenvalue weighted by Crippen LogP contribution is 2.35. The van der Waals surface area contributed by atoms with Gasteiger partial charge < -0.3 is 4.74 Å². The molecule has 3 aromatic heterocycles. The van der Waals surface area contributed by atoms with Crippen LogP contribution in [0.5, 0.6) is 0 Å². The number of nitrogens with zero attached hydrogens (tertiary/aromatic N) is 4. The average Bonchev–Trinajstić information content (AvgIpc) is 3.06. The van der Waals surface area contributed by atoms with Gasteiger partial charge >= 0.3 is 0 Å². The first-order valence-electron chi connectivity index (χ1n) is 8.80. The van der Waals surface area contributed by atoms with Crippen LogP contribution in [-0.4, -0.2) is 28.3 Å². The Bertz CT molecular complexity index is 1100. The van der Waals surface area contributed by atoms with Gasteiger partial charge in [-0.2, -0.15) is 5.26 Å². The highest BCUT2D eigenvalue weighted by atomic mass is 32.2. The molecule has 0 bridgehead atoms. The number of fused-ring (bicyclic) bond motifs is 3. The third-order valence-corrected chi connectivity index (χ3v) is 6.71. The van der Waals surface area contributed by atoms with Gasteiger partial charge in [-0.1, -0.05) is 6.07 Å². The number of hydrogen-bond donors (Lipinski definition) is 0. The first-order valence-corrected chi connectivity index (χ1v) is 10.4. The van der Waals surface area contributed by atoms with E-state index >= 15 is 0 Å². The Kier molecular flexibility index (Phi) is 5.25. The van der Waals surface area contributed by atoms with Crippen LogP contribution in [0.3, 0.4) is 0 Å². The molecule has 4 rings (SSSR count). The van der Waals surface area contributed by atoms with Gasteiger partial charge in [0.1, 0.15) is 21.6 Å². The zero-order valence-electron chi connectivity index (χ0n) is 14.9. The number of thiophene rings is 1. The lowest BCUT2D eigenvalue weighted by atomic mass is 9.97. The quantitative estimate of drug-likeness (QED) is 0.613. The van der Waals surface area contributed by atoms with E-state index in [0.29, 0.717) is 29.0 Å². The van der Waals surface area contributed by atoms with Gasteiger partial charge in [0.25, 0.3) is 5.56 Å². The first kappa shape index (κ1) is 18.2. The smallest absolute Gasteiger partial charge is 0.263 e. The second-order valence-electron chi connectivity index (χ2n) is 6.31. The lowest BCUT2D eigenvalue weighted by Gasteiger charge is -2.13. The summed E-state index contributed by atoms with van der Waals surface area (Å²) in [6.07, 6.45) is 4.28. The van der Waals surface area contributed by atoms with Crippen LogP contribution in [0.2, 0.25) is 0 Å². The summed E-state index contributed by atoms with van der Waals surface area (Å²) in [5.41, 5.74) is 1.53. The Morgan fingerprint density at radius 1 is 1.33 bits per heavy atom. The molecule has 0 aliphatic heterocycles. The van der Waals surface area contributed by atoms with Crippen molar-refractivity contribution in [3.63, 3.8) is 0 Å². The summed E-state index contributed by atoms with van der Waals surface area (Å²) in [7, 11) is 1.62. The van der Waals surface area contributed by atoms with Crippen molar-refractivity contribution in [2.75, 3.05) is 13.7 Å². The summed E-state index contributed by atoms with van der Waals surface area (Å²) < 4.78 is 6.88. The van der Waals surface area contributed by atoms with E-state index in [0.717, 1.165) is 29.5 Å². The Morgan fingerprint density at radius 3 is 3.00 bits per heavy atom. The molecule has 0 spiro atoms. The molecule has 3 aromatic rings. The van der Waals surface area contributed by atoms with E-state index in [4.69, 9.17) is 15.0 Å². The van der Waals surface area contributed by atoms with Gasteiger partial charge in [0.05, 0.1) is 18.5 Å². The molecular formula is C19H18N4O2S2. The van der Waals surface area contributed by atoms with Crippen LogP contribution in [0, 0.1) is 11.3 Å². The standard InChI is InChI=1S/C19H18N4O2S2/c1-25-10-9-23-18(24)16-13-6-2-3-7-14(13)26-17(16)22-19(23)27-15-8-4-5-12(11-20)21-15/h4-5,8H,2-3,6-7,9-10H2,1H3. The van der Waals surface area contributed by atoms with Gasteiger partial charge in [-0.15, -0.1) is 11.3 Å². The van der Waals surface area contributed by atoms with Crippen LogP contribution in [0.15, 0.2) is 33.2 Å². The van der Waals surface area contributed by atoms with E-state index < -0.39 is 0 Å². The monoisotopic (exact) mass is 398 g/mol. The van der Waals surface area contributed by atoms with Crippen molar-refractivity contribution >= 4 is 33.3 Å². The minimum absolute atomic E-state index is 0.00427. The molecule has 0 amide bonds.